The van der Waals surface area contributed by atoms with Gasteiger partial charge in [-0.15, -0.1) is 0 Å². The third-order valence-electron chi connectivity index (χ3n) is 6.00. The molecule has 1 aromatic rings. The first kappa shape index (κ1) is 23.1. The van der Waals surface area contributed by atoms with Crippen molar-refractivity contribution < 1.29 is 19.1 Å². The number of carbonyl (C=O) groups is 3. The molecule has 0 unspecified atom stereocenters. The summed E-state index contributed by atoms with van der Waals surface area (Å²) in [6, 6.07) is 6.15. The molecule has 1 atom stereocenters. The van der Waals surface area contributed by atoms with Gasteiger partial charge in [0.15, 0.2) is 0 Å². The number of hydrogen-bond acceptors (Lipinski definition) is 5. The maximum absolute atomic E-state index is 13.3. The largest absolute Gasteiger partial charge is 0.493 e. The van der Waals surface area contributed by atoms with Crippen molar-refractivity contribution in [2.24, 2.45) is 0 Å². The molecule has 8 nitrogen and oxygen atoms in total. The predicted molar refractivity (Wildman–Crippen MR) is 118 cm³/mol. The number of benzene rings is 1. The Morgan fingerprint density at radius 2 is 1.68 bits per heavy atom. The number of nitrogens with one attached hydrogen (secondary N) is 1. The summed E-state index contributed by atoms with van der Waals surface area (Å²) in [5.41, 5.74) is 0.384. The van der Waals surface area contributed by atoms with Crippen molar-refractivity contribution in [3.8, 4) is 5.75 Å². The molecule has 8 heteroatoms. The highest BCUT2D eigenvalue weighted by Crippen LogP contribution is 2.19. The summed E-state index contributed by atoms with van der Waals surface area (Å²) in [7, 11) is 3.78. The van der Waals surface area contributed by atoms with Crippen LogP contribution in [0.25, 0.3) is 0 Å². The van der Waals surface area contributed by atoms with E-state index in [1.165, 1.54) is 0 Å². The SMILES string of the molecule is CN1CCN(C(=O)[C@@H]2CC(=O)N(C)CCCCCCOc3ccccc3C(=O)N2)CC1. The van der Waals surface area contributed by atoms with Gasteiger partial charge in [-0.1, -0.05) is 25.0 Å². The molecule has 2 aliphatic heterocycles. The van der Waals surface area contributed by atoms with E-state index in [0.717, 1.165) is 38.8 Å². The number of amides is 3. The number of fused-ring (bicyclic) bond motifs is 1. The molecule has 0 saturated carbocycles. The predicted octanol–water partition coefficient (Wildman–Crippen LogP) is 1.36. The molecule has 1 aromatic carbocycles. The van der Waals surface area contributed by atoms with E-state index in [1.54, 1.807) is 35.0 Å². The van der Waals surface area contributed by atoms with Crippen molar-refractivity contribution in [2.75, 3.05) is 53.4 Å². The zero-order valence-electron chi connectivity index (χ0n) is 18.6. The fraction of sp³-hybridized carbons (Fsp3) is 0.609. The Hall–Kier alpha value is -2.61. The maximum Gasteiger partial charge on any atom is 0.255 e. The number of nitrogens with zero attached hydrogens (tertiary/aromatic N) is 3. The van der Waals surface area contributed by atoms with Crippen molar-refractivity contribution in [2.45, 2.75) is 38.1 Å². The summed E-state index contributed by atoms with van der Waals surface area (Å²) in [6.07, 6.45) is 3.75. The minimum atomic E-state index is -0.899. The minimum Gasteiger partial charge on any atom is -0.493 e. The highest BCUT2D eigenvalue weighted by molar-refractivity contribution is 6.00. The fourth-order valence-corrected chi connectivity index (χ4v) is 3.91. The number of carbonyl (C=O) groups excluding carboxylic acids is 3. The Labute approximate surface area is 184 Å². The fourth-order valence-electron chi connectivity index (χ4n) is 3.91. The van der Waals surface area contributed by atoms with Gasteiger partial charge in [-0.05, 0) is 32.0 Å². The van der Waals surface area contributed by atoms with Crippen molar-refractivity contribution in [3.05, 3.63) is 29.8 Å². The summed E-state index contributed by atoms with van der Waals surface area (Å²) < 4.78 is 5.86. The monoisotopic (exact) mass is 430 g/mol. The van der Waals surface area contributed by atoms with E-state index in [9.17, 15) is 14.4 Å². The average Bonchev–Trinajstić information content (AvgIpc) is 2.77. The van der Waals surface area contributed by atoms with Crippen LogP contribution in [0.4, 0.5) is 0 Å². The van der Waals surface area contributed by atoms with Crippen LogP contribution in [0.1, 0.15) is 42.5 Å². The number of likely N-dealkylation sites (N-methyl/N-ethyl adjacent to an activating group) is 1. The topological polar surface area (TPSA) is 82.2 Å². The second-order valence-electron chi connectivity index (χ2n) is 8.43. The van der Waals surface area contributed by atoms with E-state index in [2.05, 4.69) is 10.2 Å². The maximum atomic E-state index is 13.3. The smallest absolute Gasteiger partial charge is 0.255 e. The second kappa shape index (κ2) is 11.1. The van der Waals surface area contributed by atoms with Gasteiger partial charge in [-0.25, -0.2) is 0 Å². The van der Waals surface area contributed by atoms with Crippen LogP contribution in [-0.2, 0) is 9.59 Å². The first-order chi connectivity index (χ1) is 15.0. The summed E-state index contributed by atoms with van der Waals surface area (Å²) in [5.74, 6) is -0.226. The van der Waals surface area contributed by atoms with Gasteiger partial charge < -0.3 is 24.8 Å². The zero-order chi connectivity index (χ0) is 22.2. The molecule has 0 spiro atoms. The highest BCUT2D eigenvalue weighted by Gasteiger charge is 2.31. The molecular formula is C23H34N4O4. The van der Waals surface area contributed by atoms with Crippen molar-refractivity contribution in [3.63, 3.8) is 0 Å². The van der Waals surface area contributed by atoms with E-state index in [0.29, 0.717) is 37.6 Å². The highest BCUT2D eigenvalue weighted by atomic mass is 16.5. The number of ether oxygens (including phenoxy) is 1. The summed E-state index contributed by atoms with van der Waals surface area (Å²) >= 11 is 0. The van der Waals surface area contributed by atoms with Gasteiger partial charge in [0.05, 0.1) is 18.6 Å². The van der Waals surface area contributed by atoms with Crippen LogP contribution in [0.3, 0.4) is 0 Å². The van der Waals surface area contributed by atoms with Crippen LogP contribution in [0.2, 0.25) is 0 Å². The van der Waals surface area contributed by atoms with Crippen LogP contribution in [-0.4, -0.2) is 91.9 Å². The van der Waals surface area contributed by atoms with Crippen molar-refractivity contribution >= 4 is 17.7 Å². The first-order valence-corrected chi connectivity index (χ1v) is 11.2. The minimum absolute atomic E-state index is 0.0452. The van der Waals surface area contributed by atoms with E-state index >= 15 is 0 Å². The lowest BCUT2D eigenvalue weighted by molar-refractivity contribution is -0.139. The summed E-state index contributed by atoms with van der Waals surface area (Å²) in [6.45, 7) is 3.90. The number of piperazine rings is 1. The van der Waals surface area contributed by atoms with E-state index < -0.39 is 11.9 Å². The van der Waals surface area contributed by atoms with Gasteiger partial charge in [0, 0.05) is 39.8 Å². The first-order valence-electron chi connectivity index (χ1n) is 11.2. The summed E-state index contributed by atoms with van der Waals surface area (Å²) in [4.78, 5) is 44.7. The molecule has 0 bridgehead atoms. The second-order valence-corrected chi connectivity index (χ2v) is 8.43. The van der Waals surface area contributed by atoms with Gasteiger partial charge in [0.1, 0.15) is 11.8 Å². The molecule has 0 aromatic heterocycles. The molecule has 1 fully saturated rings. The quantitative estimate of drug-likeness (QED) is 0.728. The molecule has 0 radical (unpaired) electrons. The molecular weight excluding hydrogens is 396 g/mol. The van der Waals surface area contributed by atoms with E-state index in [4.69, 9.17) is 4.74 Å². The molecule has 31 heavy (non-hydrogen) atoms. The molecule has 170 valence electrons. The normalized spacial score (nSPS) is 22.6. The Morgan fingerprint density at radius 1 is 0.968 bits per heavy atom. The van der Waals surface area contributed by atoms with Gasteiger partial charge in [0.2, 0.25) is 11.8 Å². The van der Waals surface area contributed by atoms with E-state index in [1.807, 2.05) is 13.1 Å². The Balaban J connectivity index is 1.82. The number of para-hydroxylation sites is 1. The zero-order valence-corrected chi connectivity index (χ0v) is 18.6. The van der Waals surface area contributed by atoms with Gasteiger partial charge in [0.25, 0.3) is 5.91 Å². The Kier molecular flexibility index (Phi) is 8.28. The molecule has 3 amide bonds. The lowest BCUT2D eigenvalue weighted by Gasteiger charge is -2.35. The molecule has 2 heterocycles. The molecule has 2 aliphatic rings. The van der Waals surface area contributed by atoms with Gasteiger partial charge in [-0.3, -0.25) is 14.4 Å². The van der Waals surface area contributed by atoms with Crippen LogP contribution in [0, 0.1) is 0 Å². The van der Waals surface area contributed by atoms with Crippen LogP contribution < -0.4 is 10.1 Å². The lowest BCUT2D eigenvalue weighted by atomic mass is 10.1. The Morgan fingerprint density at radius 3 is 2.45 bits per heavy atom. The average molecular weight is 431 g/mol. The Bertz CT molecular complexity index is 777. The van der Waals surface area contributed by atoms with Crippen molar-refractivity contribution in [1.82, 2.24) is 20.0 Å². The molecule has 1 saturated heterocycles. The molecule has 3 rings (SSSR count). The molecule has 0 aliphatic carbocycles. The third kappa shape index (κ3) is 6.43. The van der Waals surface area contributed by atoms with Gasteiger partial charge in [-0.2, -0.15) is 0 Å². The van der Waals surface area contributed by atoms with Crippen LogP contribution in [0.5, 0.6) is 5.75 Å². The standard InChI is InChI=1S/C23H34N4O4/c1-25-12-14-27(15-13-25)23(30)19-17-21(28)26(2)11-7-3-4-8-16-31-20-10-6-5-9-18(20)22(29)24-19/h5-6,9-10,19H,3-4,7-8,11-17H2,1-2H3,(H,24,29)/t19-/m0/s1. The van der Waals surface area contributed by atoms with Crippen molar-refractivity contribution in [1.29, 1.82) is 0 Å². The van der Waals surface area contributed by atoms with Gasteiger partial charge >= 0.3 is 0 Å². The van der Waals surface area contributed by atoms with Crippen LogP contribution >= 0.6 is 0 Å². The lowest BCUT2D eigenvalue weighted by Crippen LogP contribution is -2.55. The third-order valence-corrected chi connectivity index (χ3v) is 6.00. The number of hydrogen-bond donors (Lipinski definition) is 1. The summed E-state index contributed by atoms with van der Waals surface area (Å²) in [5, 5.41) is 2.83. The van der Waals surface area contributed by atoms with Crippen LogP contribution in [0.15, 0.2) is 24.3 Å². The van der Waals surface area contributed by atoms with E-state index in [-0.39, 0.29) is 18.2 Å². The number of rotatable bonds is 1. The molecule has 1 N–H and O–H groups in total.